The lowest BCUT2D eigenvalue weighted by Gasteiger charge is -2.21. The van der Waals surface area contributed by atoms with Crippen LogP contribution in [-0.4, -0.2) is 26.3 Å². The highest BCUT2D eigenvalue weighted by molar-refractivity contribution is 7.91. The number of amides is 2. The van der Waals surface area contributed by atoms with Gasteiger partial charge in [0.1, 0.15) is 15.8 Å². The SMILES string of the molecule is Cc1c(C(=O)NNC(=O)C(NS(=O)(=O)c2cccs2)C(C)C)oc2ccccc12. The lowest BCUT2D eigenvalue weighted by atomic mass is 10.1. The van der Waals surface area contributed by atoms with E-state index in [1.165, 1.54) is 6.07 Å². The Morgan fingerprint density at radius 2 is 1.79 bits per heavy atom. The van der Waals surface area contributed by atoms with Crippen molar-refractivity contribution in [2.75, 3.05) is 0 Å². The number of thiophene rings is 1. The number of aryl methyl sites for hydroxylation is 1. The summed E-state index contributed by atoms with van der Waals surface area (Å²) in [5, 5.41) is 2.43. The Morgan fingerprint density at radius 3 is 2.41 bits per heavy atom. The largest absolute Gasteiger partial charge is 0.451 e. The minimum absolute atomic E-state index is 0.0757. The van der Waals surface area contributed by atoms with Crippen LogP contribution < -0.4 is 15.6 Å². The van der Waals surface area contributed by atoms with E-state index in [0.29, 0.717) is 11.1 Å². The molecule has 0 saturated carbocycles. The van der Waals surface area contributed by atoms with Gasteiger partial charge in [0, 0.05) is 10.9 Å². The Labute approximate surface area is 172 Å². The third-order valence-corrected chi connectivity index (χ3v) is 7.18. The normalized spacial score (nSPS) is 12.8. The molecule has 0 radical (unpaired) electrons. The summed E-state index contributed by atoms with van der Waals surface area (Å²) in [5.74, 6) is -1.58. The summed E-state index contributed by atoms with van der Waals surface area (Å²) in [6.45, 7) is 5.15. The van der Waals surface area contributed by atoms with Crippen LogP contribution in [0.4, 0.5) is 0 Å². The summed E-state index contributed by atoms with van der Waals surface area (Å²) in [6.07, 6.45) is 0. The molecule has 0 saturated heterocycles. The van der Waals surface area contributed by atoms with Crippen molar-refractivity contribution in [3.05, 3.63) is 53.1 Å². The lowest BCUT2D eigenvalue weighted by molar-refractivity contribution is -0.124. The molecule has 3 rings (SSSR count). The zero-order valence-corrected chi connectivity index (χ0v) is 17.7. The molecule has 1 unspecified atom stereocenters. The van der Waals surface area contributed by atoms with Gasteiger partial charge in [0.2, 0.25) is 0 Å². The van der Waals surface area contributed by atoms with Crippen LogP contribution in [0.1, 0.15) is 30.0 Å². The third kappa shape index (κ3) is 4.50. The second kappa shape index (κ2) is 8.36. The number of para-hydroxylation sites is 1. The summed E-state index contributed by atoms with van der Waals surface area (Å²) in [4.78, 5) is 25.0. The molecule has 0 aliphatic heterocycles. The fourth-order valence-corrected chi connectivity index (χ4v) is 5.13. The average molecular weight is 436 g/mol. The molecule has 3 aromatic rings. The molecule has 0 aliphatic rings. The molecule has 2 amide bonds. The van der Waals surface area contributed by atoms with Crippen molar-refractivity contribution in [2.45, 2.75) is 31.0 Å². The first-order valence-corrected chi connectivity index (χ1v) is 11.2. The van der Waals surface area contributed by atoms with Gasteiger partial charge in [-0.05, 0) is 30.4 Å². The van der Waals surface area contributed by atoms with Crippen LogP contribution in [0.3, 0.4) is 0 Å². The zero-order chi connectivity index (χ0) is 21.2. The summed E-state index contributed by atoms with van der Waals surface area (Å²) in [7, 11) is -3.84. The number of sulfonamides is 1. The number of carbonyl (C=O) groups excluding carboxylic acids is 2. The summed E-state index contributed by atoms with van der Waals surface area (Å²) in [5.41, 5.74) is 5.78. The van der Waals surface area contributed by atoms with Crippen molar-refractivity contribution < 1.29 is 22.4 Å². The molecule has 2 heterocycles. The first-order valence-electron chi connectivity index (χ1n) is 8.85. The van der Waals surface area contributed by atoms with Crippen molar-refractivity contribution in [3.63, 3.8) is 0 Å². The Kier molecular flexibility index (Phi) is 6.06. The molecule has 1 atom stereocenters. The maximum Gasteiger partial charge on any atom is 0.305 e. The Balaban J connectivity index is 1.70. The molecule has 29 heavy (non-hydrogen) atoms. The molecule has 3 N–H and O–H groups in total. The lowest BCUT2D eigenvalue weighted by Crippen LogP contribution is -2.54. The molecule has 0 spiro atoms. The van der Waals surface area contributed by atoms with E-state index >= 15 is 0 Å². The molecule has 1 aromatic carbocycles. The number of furan rings is 1. The van der Waals surface area contributed by atoms with Crippen LogP contribution in [-0.2, 0) is 14.8 Å². The first kappa shape index (κ1) is 21.0. The van der Waals surface area contributed by atoms with E-state index in [0.717, 1.165) is 16.7 Å². The quantitative estimate of drug-likeness (QED) is 0.515. The predicted octanol–water partition coefficient (Wildman–Crippen LogP) is 2.57. The van der Waals surface area contributed by atoms with E-state index in [1.54, 1.807) is 44.4 Å². The maximum atomic E-state index is 12.5. The summed E-state index contributed by atoms with van der Waals surface area (Å²) < 4.78 is 32.9. The topological polar surface area (TPSA) is 118 Å². The third-order valence-electron chi connectivity index (χ3n) is 4.34. The van der Waals surface area contributed by atoms with Crippen molar-refractivity contribution in [1.82, 2.24) is 15.6 Å². The first-order chi connectivity index (χ1) is 13.7. The Hall–Kier alpha value is -2.69. The van der Waals surface area contributed by atoms with Crippen molar-refractivity contribution >= 4 is 44.1 Å². The molecular weight excluding hydrogens is 414 g/mol. The van der Waals surface area contributed by atoms with E-state index < -0.39 is 27.9 Å². The van der Waals surface area contributed by atoms with E-state index in [9.17, 15) is 18.0 Å². The molecule has 2 aromatic heterocycles. The molecular formula is C19H21N3O5S2. The summed E-state index contributed by atoms with van der Waals surface area (Å²) >= 11 is 1.05. The van der Waals surface area contributed by atoms with Crippen LogP contribution in [0.2, 0.25) is 0 Å². The molecule has 10 heteroatoms. The molecule has 8 nitrogen and oxygen atoms in total. The fraction of sp³-hybridized carbons (Fsp3) is 0.263. The van der Waals surface area contributed by atoms with E-state index in [2.05, 4.69) is 15.6 Å². The standard InChI is InChI=1S/C19H21N3O5S2/c1-11(2)16(22-29(25,26)15-9-6-10-28-15)18(23)20-21-19(24)17-12(3)13-7-4-5-8-14(13)27-17/h4-11,16,22H,1-3H3,(H,20,23)(H,21,24). The fourth-order valence-electron chi connectivity index (χ4n) is 2.78. The van der Waals surface area contributed by atoms with E-state index in [-0.39, 0.29) is 15.9 Å². The number of hydrogen-bond acceptors (Lipinski definition) is 6. The number of benzene rings is 1. The highest BCUT2D eigenvalue weighted by atomic mass is 32.2. The van der Waals surface area contributed by atoms with Crippen molar-refractivity contribution in [3.8, 4) is 0 Å². The summed E-state index contributed by atoms with van der Waals surface area (Å²) in [6, 6.07) is 9.19. The van der Waals surface area contributed by atoms with Crippen LogP contribution >= 0.6 is 11.3 Å². The minimum Gasteiger partial charge on any atom is -0.451 e. The van der Waals surface area contributed by atoms with Crippen LogP contribution in [0.25, 0.3) is 11.0 Å². The average Bonchev–Trinajstić information content (AvgIpc) is 3.33. The number of hydrogen-bond donors (Lipinski definition) is 3. The van der Waals surface area contributed by atoms with Crippen LogP contribution in [0.15, 0.2) is 50.4 Å². The van der Waals surface area contributed by atoms with Crippen molar-refractivity contribution in [2.24, 2.45) is 5.92 Å². The smallest absolute Gasteiger partial charge is 0.305 e. The Morgan fingerprint density at radius 1 is 1.07 bits per heavy atom. The van der Waals surface area contributed by atoms with Gasteiger partial charge in [-0.15, -0.1) is 11.3 Å². The van der Waals surface area contributed by atoms with Gasteiger partial charge in [-0.25, -0.2) is 8.42 Å². The predicted molar refractivity (Wildman–Crippen MR) is 110 cm³/mol. The monoisotopic (exact) mass is 435 g/mol. The highest BCUT2D eigenvalue weighted by Gasteiger charge is 2.29. The molecule has 154 valence electrons. The highest BCUT2D eigenvalue weighted by Crippen LogP contribution is 2.24. The van der Waals surface area contributed by atoms with E-state index in [4.69, 9.17) is 4.42 Å². The number of nitrogens with one attached hydrogen (secondary N) is 3. The Bertz CT molecular complexity index is 1130. The molecule has 0 aliphatic carbocycles. The zero-order valence-electron chi connectivity index (χ0n) is 16.1. The van der Waals surface area contributed by atoms with Gasteiger partial charge in [-0.3, -0.25) is 20.4 Å². The van der Waals surface area contributed by atoms with Gasteiger partial charge in [0.25, 0.3) is 15.9 Å². The number of rotatable bonds is 6. The maximum absolute atomic E-state index is 12.5. The molecule has 0 bridgehead atoms. The van der Waals surface area contributed by atoms with Gasteiger partial charge >= 0.3 is 5.91 Å². The van der Waals surface area contributed by atoms with Gasteiger partial charge in [-0.1, -0.05) is 38.1 Å². The number of fused-ring (bicyclic) bond motifs is 1. The second-order valence-electron chi connectivity index (χ2n) is 6.77. The van der Waals surface area contributed by atoms with Gasteiger partial charge in [0.15, 0.2) is 5.76 Å². The number of carbonyl (C=O) groups is 2. The van der Waals surface area contributed by atoms with E-state index in [1.807, 2.05) is 12.1 Å². The number of hydrazine groups is 1. The van der Waals surface area contributed by atoms with Crippen LogP contribution in [0.5, 0.6) is 0 Å². The van der Waals surface area contributed by atoms with Gasteiger partial charge in [0.05, 0.1) is 0 Å². The second-order valence-corrected chi connectivity index (χ2v) is 9.66. The van der Waals surface area contributed by atoms with Gasteiger partial charge in [-0.2, -0.15) is 4.72 Å². The van der Waals surface area contributed by atoms with Crippen molar-refractivity contribution in [1.29, 1.82) is 0 Å². The van der Waals surface area contributed by atoms with Crippen LogP contribution in [0, 0.1) is 12.8 Å². The minimum atomic E-state index is -3.84. The van der Waals surface area contributed by atoms with Gasteiger partial charge < -0.3 is 4.42 Å². The molecule has 0 fully saturated rings.